The Balaban J connectivity index is 1.51. The summed E-state index contributed by atoms with van der Waals surface area (Å²) in [6.45, 7) is 1.76. The van der Waals surface area contributed by atoms with Crippen molar-refractivity contribution in [3.63, 3.8) is 0 Å². The van der Waals surface area contributed by atoms with Gasteiger partial charge in [0, 0.05) is 36.3 Å². The van der Waals surface area contributed by atoms with Crippen LogP contribution >= 0.6 is 0 Å². The van der Waals surface area contributed by atoms with Crippen LogP contribution in [0.3, 0.4) is 0 Å². The van der Waals surface area contributed by atoms with E-state index in [1.165, 1.54) is 12.0 Å². The second kappa shape index (κ2) is 8.11. The lowest BCUT2D eigenvalue weighted by atomic mass is 9.92. The molecule has 2 aliphatic rings. The van der Waals surface area contributed by atoms with Crippen molar-refractivity contribution in [2.75, 3.05) is 19.0 Å². The second-order valence-corrected chi connectivity index (χ2v) is 7.34. The molecule has 2 aromatic rings. The van der Waals surface area contributed by atoms with Crippen LogP contribution in [0.4, 0.5) is 5.69 Å². The number of hydrogen-bond acceptors (Lipinski definition) is 4. The fourth-order valence-electron chi connectivity index (χ4n) is 4.14. The largest absolute Gasteiger partial charge is 0.496 e. The van der Waals surface area contributed by atoms with Crippen LogP contribution in [0.1, 0.15) is 42.0 Å². The van der Waals surface area contributed by atoms with Gasteiger partial charge in [0.05, 0.1) is 7.11 Å². The molecular formula is C22H27N3O2. The van der Waals surface area contributed by atoms with Crippen molar-refractivity contribution in [2.24, 2.45) is 0 Å². The van der Waals surface area contributed by atoms with Crippen LogP contribution in [-0.4, -0.2) is 25.6 Å². The number of amides is 1. The number of piperidine rings is 1. The van der Waals surface area contributed by atoms with E-state index in [9.17, 15) is 4.79 Å². The minimum Gasteiger partial charge on any atom is -0.496 e. The molecule has 0 bridgehead atoms. The molecule has 27 heavy (non-hydrogen) atoms. The first-order valence-electron chi connectivity index (χ1n) is 9.76. The third-order valence-corrected chi connectivity index (χ3v) is 5.57. The van der Waals surface area contributed by atoms with Gasteiger partial charge in [-0.1, -0.05) is 30.3 Å². The summed E-state index contributed by atoms with van der Waals surface area (Å²) in [6.07, 6.45) is 3.61. The van der Waals surface area contributed by atoms with Crippen LogP contribution in [-0.2, 0) is 17.8 Å². The van der Waals surface area contributed by atoms with Gasteiger partial charge in [-0.25, -0.2) is 0 Å². The molecule has 5 heteroatoms. The number of hydrogen-bond donors (Lipinski definition) is 3. The molecule has 3 N–H and O–H groups in total. The highest BCUT2D eigenvalue weighted by molar-refractivity contribution is 5.94. The predicted molar refractivity (Wildman–Crippen MR) is 107 cm³/mol. The third kappa shape index (κ3) is 3.99. The number of nitrogens with one attached hydrogen (secondary N) is 3. The van der Waals surface area contributed by atoms with Crippen molar-refractivity contribution < 1.29 is 9.53 Å². The molecule has 4 rings (SSSR count). The maximum Gasteiger partial charge on any atom is 0.224 e. The summed E-state index contributed by atoms with van der Waals surface area (Å²) in [4.78, 5) is 11.7. The smallest absolute Gasteiger partial charge is 0.224 e. The Labute approximate surface area is 160 Å². The molecule has 0 spiro atoms. The number of benzene rings is 2. The van der Waals surface area contributed by atoms with Crippen LogP contribution in [0.5, 0.6) is 5.75 Å². The molecule has 0 aromatic heterocycles. The van der Waals surface area contributed by atoms with Crippen molar-refractivity contribution in [1.29, 1.82) is 0 Å². The van der Waals surface area contributed by atoms with E-state index in [-0.39, 0.29) is 5.91 Å². The SMILES string of the molecule is COc1cc2c(cc1CN[C@H]1CCCN[C@H]1c1ccccc1)NC(=O)CC2. The molecule has 0 aliphatic carbocycles. The minimum atomic E-state index is 0.0900. The highest BCUT2D eigenvalue weighted by Crippen LogP contribution is 2.31. The normalized spacial score (nSPS) is 22.0. The van der Waals surface area contributed by atoms with Gasteiger partial charge >= 0.3 is 0 Å². The Kier molecular flexibility index (Phi) is 5.41. The Hall–Kier alpha value is -2.37. The lowest BCUT2D eigenvalue weighted by Gasteiger charge is -2.34. The molecule has 1 amide bonds. The first kappa shape index (κ1) is 18.0. The zero-order valence-corrected chi connectivity index (χ0v) is 15.8. The van der Waals surface area contributed by atoms with Crippen LogP contribution in [0.15, 0.2) is 42.5 Å². The van der Waals surface area contributed by atoms with Gasteiger partial charge in [0.1, 0.15) is 5.75 Å². The van der Waals surface area contributed by atoms with Gasteiger partial charge in [0.2, 0.25) is 5.91 Å². The average Bonchev–Trinajstić information content (AvgIpc) is 2.72. The fourth-order valence-corrected chi connectivity index (χ4v) is 4.14. The number of carbonyl (C=O) groups is 1. The zero-order valence-electron chi connectivity index (χ0n) is 15.8. The molecule has 0 radical (unpaired) electrons. The van der Waals surface area contributed by atoms with Crippen molar-refractivity contribution >= 4 is 11.6 Å². The molecule has 0 saturated carbocycles. The Morgan fingerprint density at radius 2 is 2.04 bits per heavy atom. The number of ether oxygens (including phenoxy) is 1. The van der Waals surface area contributed by atoms with Gasteiger partial charge in [-0.2, -0.15) is 0 Å². The minimum absolute atomic E-state index is 0.0900. The Bertz CT molecular complexity index is 807. The van der Waals surface area contributed by atoms with Crippen LogP contribution < -0.4 is 20.7 Å². The van der Waals surface area contributed by atoms with E-state index in [0.717, 1.165) is 42.0 Å². The van der Waals surface area contributed by atoms with E-state index in [1.807, 2.05) is 0 Å². The number of carbonyl (C=O) groups excluding carboxylic acids is 1. The molecule has 2 aliphatic heterocycles. The van der Waals surface area contributed by atoms with Crippen molar-refractivity contribution in [3.8, 4) is 5.75 Å². The highest BCUT2D eigenvalue weighted by Gasteiger charge is 2.26. The number of aryl methyl sites for hydroxylation is 1. The van der Waals surface area contributed by atoms with Gasteiger partial charge in [0.15, 0.2) is 0 Å². The molecule has 142 valence electrons. The summed E-state index contributed by atoms with van der Waals surface area (Å²) in [5, 5.41) is 10.4. The first-order valence-corrected chi connectivity index (χ1v) is 9.76. The molecular weight excluding hydrogens is 338 g/mol. The van der Waals surface area contributed by atoms with E-state index in [4.69, 9.17) is 4.74 Å². The van der Waals surface area contributed by atoms with E-state index in [0.29, 0.717) is 25.0 Å². The van der Waals surface area contributed by atoms with Gasteiger partial charge in [-0.3, -0.25) is 4.79 Å². The maximum atomic E-state index is 11.7. The molecule has 2 aromatic carbocycles. The number of rotatable bonds is 5. The zero-order chi connectivity index (χ0) is 18.6. The highest BCUT2D eigenvalue weighted by atomic mass is 16.5. The fraction of sp³-hybridized carbons (Fsp3) is 0.409. The molecule has 2 atom stereocenters. The maximum absolute atomic E-state index is 11.7. The van der Waals surface area contributed by atoms with E-state index in [2.05, 4.69) is 58.4 Å². The molecule has 2 heterocycles. The predicted octanol–water partition coefficient (Wildman–Crippen LogP) is 3.16. The summed E-state index contributed by atoms with van der Waals surface area (Å²) in [7, 11) is 1.71. The Morgan fingerprint density at radius 1 is 1.19 bits per heavy atom. The van der Waals surface area contributed by atoms with E-state index >= 15 is 0 Å². The third-order valence-electron chi connectivity index (χ3n) is 5.57. The summed E-state index contributed by atoms with van der Waals surface area (Å²) in [5.41, 5.74) is 4.47. The Morgan fingerprint density at radius 3 is 2.85 bits per heavy atom. The molecule has 1 fully saturated rings. The summed E-state index contributed by atoms with van der Waals surface area (Å²) >= 11 is 0. The quantitative estimate of drug-likeness (QED) is 0.762. The lowest BCUT2D eigenvalue weighted by molar-refractivity contribution is -0.116. The topological polar surface area (TPSA) is 62.4 Å². The van der Waals surface area contributed by atoms with Crippen LogP contribution in [0.2, 0.25) is 0 Å². The number of anilines is 1. The van der Waals surface area contributed by atoms with Gasteiger partial charge in [-0.05, 0) is 49.1 Å². The van der Waals surface area contributed by atoms with Crippen LogP contribution in [0, 0.1) is 0 Å². The standard InChI is InChI=1S/C22H27N3O2/c1-27-20-13-16-9-10-21(26)25-19(16)12-17(20)14-24-18-8-5-11-23-22(18)15-6-3-2-4-7-15/h2-4,6-7,12-13,18,22-24H,5,8-11,14H2,1H3,(H,25,26)/t18-,22-/m0/s1. The average molecular weight is 365 g/mol. The first-order chi connectivity index (χ1) is 13.2. The lowest BCUT2D eigenvalue weighted by Crippen LogP contribution is -2.45. The second-order valence-electron chi connectivity index (χ2n) is 7.34. The molecule has 1 saturated heterocycles. The van der Waals surface area contributed by atoms with Crippen molar-refractivity contribution in [2.45, 2.75) is 44.3 Å². The molecule has 5 nitrogen and oxygen atoms in total. The van der Waals surface area contributed by atoms with Crippen LogP contribution in [0.25, 0.3) is 0 Å². The number of methoxy groups -OCH3 is 1. The van der Waals surface area contributed by atoms with Crippen molar-refractivity contribution in [1.82, 2.24) is 10.6 Å². The summed E-state index contributed by atoms with van der Waals surface area (Å²) < 4.78 is 5.62. The van der Waals surface area contributed by atoms with Gasteiger partial charge in [0.25, 0.3) is 0 Å². The van der Waals surface area contributed by atoms with Gasteiger partial charge < -0.3 is 20.7 Å². The van der Waals surface area contributed by atoms with Crippen molar-refractivity contribution in [3.05, 3.63) is 59.2 Å². The summed E-state index contributed by atoms with van der Waals surface area (Å²) in [6, 6.07) is 15.4. The monoisotopic (exact) mass is 365 g/mol. The number of fused-ring (bicyclic) bond motifs is 1. The molecule has 0 unspecified atom stereocenters. The summed E-state index contributed by atoms with van der Waals surface area (Å²) in [5.74, 6) is 0.977. The van der Waals surface area contributed by atoms with E-state index in [1.54, 1.807) is 7.11 Å². The van der Waals surface area contributed by atoms with E-state index < -0.39 is 0 Å². The van der Waals surface area contributed by atoms with Gasteiger partial charge in [-0.15, -0.1) is 0 Å².